The van der Waals surface area contributed by atoms with Crippen LogP contribution in [-0.4, -0.2) is 40.6 Å². The summed E-state index contributed by atoms with van der Waals surface area (Å²) in [6.07, 6.45) is 5.57. The lowest BCUT2D eigenvalue weighted by Crippen LogP contribution is -2.88. The molecule has 1 saturated carbocycles. The number of thiocarbonyl (C=S) groups is 1. The molecule has 0 unspecified atom stereocenters. The number of nitrogens with zero attached hydrogens (tertiary/aromatic N) is 2. The molecule has 150 valence electrons. The van der Waals surface area contributed by atoms with E-state index >= 15 is 0 Å². The third kappa shape index (κ3) is 4.30. The SMILES string of the molecule is CC(C)(C)[C@@H](COc1ccccc1)[NH+]=C1NC(=S)N(CC#N)C12CCCCC2. The predicted octanol–water partition coefficient (Wildman–Crippen LogP) is 2.38. The summed E-state index contributed by atoms with van der Waals surface area (Å²) in [7, 11) is 0. The fourth-order valence-electron chi connectivity index (χ4n) is 4.12. The highest BCUT2D eigenvalue weighted by molar-refractivity contribution is 7.80. The fourth-order valence-corrected chi connectivity index (χ4v) is 4.46. The quantitative estimate of drug-likeness (QED) is 0.588. The van der Waals surface area contributed by atoms with E-state index in [2.05, 4.69) is 42.0 Å². The minimum absolute atomic E-state index is 0.0103. The van der Waals surface area contributed by atoms with Gasteiger partial charge < -0.3 is 4.74 Å². The first kappa shape index (κ1) is 20.6. The van der Waals surface area contributed by atoms with Crippen LogP contribution in [0.1, 0.15) is 52.9 Å². The molecule has 6 heteroatoms. The Morgan fingerprint density at radius 2 is 1.93 bits per heavy atom. The van der Waals surface area contributed by atoms with Gasteiger partial charge in [-0.25, -0.2) is 5.32 Å². The van der Waals surface area contributed by atoms with E-state index in [1.54, 1.807) is 0 Å². The van der Waals surface area contributed by atoms with E-state index in [-0.39, 0.29) is 17.0 Å². The zero-order valence-corrected chi connectivity index (χ0v) is 17.9. The van der Waals surface area contributed by atoms with Gasteiger partial charge in [-0.1, -0.05) is 58.2 Å². The standard InChI is InChI=1S/C22H30N4OS/c1-21(2,3)18(16-27-17-10-6-4-7-11-17)24-19-22(12-8-5-9-13-22)26(15-14-23)20(28)25-19/h4,6-7,10-11,18H,5,8-9,12-13,15-16H2,1-3H3,(H,24,25,28)/p+1/t18-/m1/s1. The number of amidine groups is 1. The Bertz CT molecular complexity index is 757. The summed E-state index contributed by atoms with van der Waals surface area (Å²) in [6, 6.07) is 12.3. The largest absolute Gasteiger partial charge is 0.489 e. The molecule has 3 rings (SSSR count). The number of nitriles is 1. The van der Waals surface area contributed by atoms with Gasteiger partial charge in [0.1, 0.15) is 30.5 Å². The molecule has 1 aliphatic carbocycles. The molecule has 1 saturated heterocycles. The van der Waals surface area contributed by atoms with Crippen LogP contribution in [0, 0.1) is 16.7 Å². The molecule has 2 N–H and O–H groups in total. The van der Waals surface area contributed by atoms with E-state index < -0.39 is 0 Å². The molecule has 1 aliphatic heterocycles. The minimum atomic E-state index is -0.207. The zero-order chi connectivity index (χ0) is 20.2. The van der Waals surface area contributed by atoms with Gasteiger partial charge in [0.2, 0.25) is 0 Å². The topological polar surface area (TPSA) is 62.3 Å². The Hall–Kier alpha value is -2.13. The Labute approximate surface area is 173 Å². The van der Waals surface area contributed by atoms with Gasteiger partial charge in [-0.15, -0.1) is 0 Å². The lowest BCUT2D eigenvalue weighted by Gasteiger charge is -2.37. The Balaban J connectivity index is 1.89. The van der Waals surface area contributed by atoms with Crippen LogP contribution in [0.15, 0.2) is 30.3 Å². The van der Waals surface area contributed by atoms with E-state index in [4.69, 9.17) is 17.0 Å². The van der Waals surface area contributed by atoms with Crippen LogP contribution in [0.5, 0.6) is 5.75 Å². The second kappa shape index (κ2) is 8.48. The van der Waals surface area contributed by atoms with E-state index in [0.29, 0.717) is 18.3 Å². The molecule has 1 spiro atoms. The smallest absolute Gasteiger partial charge is 0.276 e. The highest BCUT2D eigenvalue weighted by Gasteiger charge is 2.55. The van der Waals surface area contributed by atoms with Gasteiger partial charge in [-0.05, 0) is 37.2 Å². The molecule has 2 fully saturated rings. The van der Waals surface area contributed by atoms with E-state index in [1.165, 1.54) is 6.42 Å². The zero-order valence-electron chi connectivity index (χ0n) is 17.1. The lowest BCUT2D eigenvalue weighted by molar-refractivity contribution is -0.529. The van der Waals surface area contributed by atoms with Crippen LogP contribution >= 0.6 is 12.2 Å². The van der Waals surface area contributed by atoms with Gasteiger partial charge >= 0.3 is 0 Å². The molecular formula is C22H31N4OS+. The van der Waals surface area contributed by atoms with Crippen LogP contribution < -0.4 is 15.0 Å². The van der Waals surface area contributed by atoms with Crippen LogP contribution in [0.25, 0.3) is 0 Å². The van der Waals surface area contributed by atoms with Crippen molar-refractivity contribution in [1.82, 2.24) is 10.2 Å². The van der Waals surface area contributed by atoms with Gasteiger partial charge in [0, 0.05) is 5.41 Å². The first-order chi connectivity index (χ1) is 13.4. The molecule has 1 aromatic rings. The molecule has 0 bridgehead atoms. The summed E-state index contributed by atoms with van der Waals surface area (Å²) in [6.45, 7) is 7.52. The number of nitrogens with one attached hydrogen (secondary N) is 2. The van der Waals surface area contributed by atoms with Gasteiger partial charge in [0.25, 0.3) is 10.9 Å². The van der Waals surface area contributed by atoms with Crippen molar-refractivity contribution in [2.75, 3.05) is 13.2 Å². The maximum atomic E-state index is 9.34. The summed E-state index contributed by atoms with van der Waals surface area (Å²) in [5.74, 6) is 1.92. The fraction of sp³-hybridized carbons (Fsp3) is 0.591. The first-order valence-electron chi connectivity index (χ1n) is 10.1. The molecule has 0 amide bonds. The van der Waals surface area contributed by atoms with Crippen molar-refractivity contribution >= 4 is 23.2 Å². The maximum Gasteiger partial charge on any atom is 0.276 e. The average molecular weight is 400 g/mol. The minimum Gasteiger partial charge on any atom is -0.489 e. The van der Waals surface area contributed by atoms with Crippen molar-refractivity contribution in [1.29, 1.82) is 5.26 Å². The van der Waals surface area contributed by atoms with Crippen molar-refractivity contribution in [3.05, 3.63) is 30.3 Å². The number of hydrogen-bond donors (Lipinski definition) is 2. The molecule has 1 aromatic carbocycles. The summed E-state index contributed by atoms with van der Waals surface area (Å²) < 4.78 is 6.08. The van der Waals surface area contributed by atoms with Gasteiger partial charge in [0.05, 0.1) is 6.07 Å². The monoisotopic (exact) mass is 399 g/mol. The van der Waals surface area contributed by atoms with Crippen molar-refractivity contribution in [3.8, 4) is 11.8 Å². The maximum absolute atomic E-state index is 9.34. The number of rotatable bonds is 5. The predicted molar refractivity (Wildman–Crippen MR) is 115 cm³/mol. The van der Waals surface area contributed by atoms with Crippen molar-refractivity contribution < 1.29 is 9.73 Å². The Kier molecular flexibility index (Phi) is 6.24. The van der Waals surface area contributed by atoms with Gasteiger partial charge in [0.15, 0.2) is 0 Å². The van der Waals surface area contributed by atoms with Crippen molar-refractivity contribution in [3.63, 3.8) is 0 Å². The molecule has 28 heavy (non-hydrogen) atoms. The summed E-state index contributed by atoms with van der Waals surface area (Å²) in [5, 5.41) is 13.4. The number of hydrogen-bond acceptors (Lipinski definition) is 3. The van der Waals surface area contributed by atoms with Crippen LogP contribution in [0.2, 0.25) is 0 Å². The van der Waals surface area contributed by atoms with Crippen molar-refractivity contribution in [2.45, 2.75) is 64.5 Å². The van der Waals surface area contributed by atoms with E-state index in [9.17, 15) is 5.26 Å². The molecule has 1 heterocycles. The third-order valence-corrected chi connectivity index (χ3v) is 6.21. The molecular weight excluding hydrogens is 368 g/mol. The van der Waals surface area contributed by atoms with Gasteiger partial charge in [-0.2, -0.15) is 5.26 Å². The highest BCUT2D eigenvalue weighted by atomic mass is 32.1. The third-order valence-electron chi connectivity index (χ3n) is 5.89. The molecule has 2 aliphatic rings. The summed E-state index contributed by atoms with van der Waals surface area (Å²) >= 11 is 5.60. The Morgan fingerprint density at radius 1 is 1.25 bits per heavy atom. The van der Waals surface area contributed by atoms with Crippen LogP contribution in [0.4, 0.5) is 0 Å². The number of para-hydroxylation sites is 1. The summed E-state index contributed by atoms with van der Waals surface area (Å²) in [5.41, 5.74) is -0.217. The normalized spacial score (nSPS) is 21.4. The van der Waals surface area contributed by atoms with Crippen molar-refractivity contribution in [2.24, 2.45) is 5.41 Å². The second-order valence-corrected chi connectivity index (χ2v) is 9.22. The second-order valence-electron chi connectivity index (χ2n) is 8.83. The number of ether oxygens (including phenoxy) is 1. The first-order valence-corrected chi connectivity index (χ1v) is 10.5. The van der Waals surface area contributed by atoms with E-state index in [0.717, 1.165) is 37.3 Å². The molecule has 5 nitrogen and oxygen atoms in total. The summed E-state index contributed by atoms with van der Waals surface area (Å²) in [4.78, 5) is 5.83. The molecule has 0 radical (unpaired) electrons. The number of benzene rings is 1. The van der Waals surface area contributed by atoms with Gasteiger partial charge in [-0.3, -0.25) is 9.89 Å². The van der Waals surface area contributed by atoms with E-state index in [1.807, 2.05) is 30.3 Å². The molecule has 0 aromatic heterocycles. The Morgan fingerprint density at radius 3 is 2.54 bits per heavy atom. The highest BCUT2D eigenvalue weighted by Crippen LogP contribution is 2.36. The van der Waals surface area contributed by atoms with Crippen LogP contribution in [-0.2, 0) is 0 Å². The van der Waals surface area contributed by atoms with Crippen LogP contribution in [0.3, 0.4) is 0 Å². The lowest BCUT2D eigenvalue weighted by atomic mass is 9.79. The molecule has 1 atom stereocenters. The average Bonchev–Trinajstić information content (AvgIpc) is 2.91.